The van der Waals surface area contributed by atoms with E-state index in [2.05, 4.69) is 17.6 Å². The summed E-state index contributed by atoms with van der Waals surface area (Å²) in [4.78, 5) is 12.6. The first-order valence-corrected chi connectivity index (χ1v) is 11.1. The predicted octanol–water partition coefficient (Wildman–Crippen LogP) is 5.95. The monoisotopic (exact) mass is 428 g/mol. The smallest absolute Gasteiger partial charge is 0.261 e. The van der Waals surface area contributed by atoms with Crippen molar-refractivity contribution in [1.82, 2.24) is 5.32 Å². The van der Waals surface area contributed by atoms with Crippen LogP contribution in [0.5, 0.6) is 11.5 Å². The van der Waals surface area contributed by atoms with Crippen LogP contribution in [0.4, 0.5) is 5.69 Å². The van der Waals surface area contributed by atoms with Crippen molar-refractivity contribution in [3.05, 3.63) is 54.1 Å². The van der Waals surface area contributed by atoms with E-state index >= 15 is 0 Å². The van der Waals surface area contributed by atoms with Gasteiger partial charge in [0.15, 0.2) is 5.11 Å². The highest BCUT2D eigenvalue weighted by atomic mass is 32.1. The summed E-state index contributed by atoms with van der Waals surface area (Å²) in [6, 6.07) is 14.7. The highest BCUT2D eigenvalue weighted by molar-refractivity contribution is 7.80. The van der Waals surface area contributed by atoms with Gasteiger partial charge in [-0.1, -0.05) is 57.7 Å². The molecular formula is C24H32N2O3S. The van der Waals surface area contributed by atoms with Crippen LogP contribution in [0.3, 0.4) is 0 Å². The molecule has 0 spiro atoms. The van der Waals surface area contributed by atoms with Gasteiger partial charge in [0.2, 0.25) is 0 Å². The van der Waals surface area contributed by atoms with Gasteiger partial charge in [0.05, 0.1) is 18.8 Å². The SMILES string of the molecule is CCCCCCCOc1cccc(NC(=S)NC(=O)c2ccccc2OCCC)c1. The topological polar surface area (TPSA) is 59.6 Å². The van der Waals surface area contributed by atoms with Crippen LogP contribution in [0, 0.1) is 0 Å². The van der Waals surface area contributed by atoms with Crippen LogP contribution in [0.15, 0.2) is 48.5 Å². The molecule has 0 radical (unpaired) electrons. The van der Waals surface area contributed by atoms with E-state index in [0.29, 0.717) is 24.5 Å². The summed E-state index contributed by atoms with van der Waals surface area (Å²) >= 11 is 5.31. The zero-order valence-electron chi connectivity index (χ0n) is 17.9. The Morgan fingerprint density at radius 1 is 0.900 bits per heavy atom. The number of hydrogen-bond donors (Lipinski definition) is 2. The molecule has 0 heterocycles. The van der Waals surface area contributed by atoms with Gasteiger partial charge in [-0.3, -0.25) is 10.1 Å². The number of carbonyl (C=O) groups is 1. The molecule has 30 heavy (non-hydrogen) atoms. The number of anilines is 1. The lowest BCUT2D eigenvalue weighted by Gasteiger charge is -2.13. The number of rotatable bonds is 12. The zero-order chi connectivity index (χ0) is 21.6. The van der Waals surface area contributed by atoms with Crippen LogP contribution in [-0.2, 0) is 0 Å². The molecule has 0 bridgehead atoms. The Morgan fingerprint density at radius 2 is 1.70 bits per heavy atom. The molecule has 0 atom stereocenters. The summed E-state index contributed by atoms with van der Waals surface area (Å²) in [5, 5.41) is 5.98. The van der Waals surface area contributed by atoms with Gasteiger partial charge in [0.25, 0.3) is 5.91 Å². The number of benzene rings is 2. The Hall–Kier alpha value is -2.60. The van der Waals surface area contributed by atoms with Crippen LogP contribution < -0.4 is 20.1 Å². The second-order valence-corrected chi connectivity index (χ2v) is 7.45. The van der Waals surface area contributed by atoms with E-state index in [-0.39, 0.29) is 11.0 Å². The van der Waals surface area contributed by atoms with Crippen molar-refractivity contribution in [2.75, 3.05) is 18.5 Å². The van der Waals surface area contributed by atoms with Gasteiger partial charge in [-0.05, 0) is 49.3 Å². The quantitative estimate of drug-likeness (QED) is 0.323. The van der Waals surface area contributed by atoms with Gasteiger partial charge < -0.3 is 14.8 Å². The number of amides is 1. The van der Waals surface area contributed by atoms with Crippen molar-refractivity contribution < 1.29 is 14.3 Å². The molecule has 2 N–H and O–H groups in total. The highest BCUT2D eigenvalue weighted by Crippen LogP contribution is 2.19. The molecule has 2 aromatic rings. The average Bonchev–Trinajstić information content (AvgIpc) is 2.75. The minimum Gasteiger partial charge on any atom is -0.494 e. The van der Waals surface area contributed by atoms with Crippen LogP contribution >= 0.6 is 12.2 Å². The second kappa shape index (κ2) is 13.6. The Morgan fingerprint density at radius 3 is 2.50 bits per heavy atom. The lowest BCUT2D eigenvalue weighted by atomic mass is 10.2. The highest BCUT2D eigenvalue weighted by Gasteiger charge is 2.13. The number of nitrogens with one attached hydrogen (secondary N) is 2. The Labute approximate surface area is 185 Å². The first kappa shape index (κ1) is 23.7. The molecule has 0 aliphatic carbocycles. The first-order valence-electron chi connectivity index (χ1n) is 10.7. The predicted molar refractivity (Wildman–Crippen MR) is 127 cm³/mol. The molecule has 0 aliphatic rings. The third-order valence-electron chi connectivity index (χ3n) is 4.43. The summed E-state index contributed by atoms with van der Waals surface area (Å²) in [5.41, 5.74) is 1.22. The minimum atomic E-state index is -0.307. The van der Waals surface area contributed by atoms with E-state index < -0.39 is 0 Å². The molecule has 1 amide bonds. The van der Waals surface area contributed by atoms with Crippen molar-refractivity contribution in [2.45, 2.75) is 52.4 Å². The molecular weight excluding hydrogens is 396 g/mol. The fourth-order valence-corrected chi connectivity index (χ4v) is 3.09. The Bertz CT molecular complexity index is 811. The summed E-state index contributed by atoms with van der Waals surface area (Å²) in [6.45, 7) is 5.48. The molecule has 0 aliphatic heterocycles. The summed E-state index contributed by atoms with van der Waals surface area (Å²) in [6.07, 6.45) is 6.87. The van der Waals surface area contributed by atoms with Gasteiger partial charge >= 0.3 is 0 Å². The van der Waals surface area contributed by atoms with Crippen LogP contribution in [-0.4, -0.2) is 24.2 Å². The fourth-order valence-electron chi connectivity index (χ4n) is 2.88. The first-order chi connectivity index (χ1) is 14.6. The standard InChI is InChI=1S/C24H32N2O3S/c1-3-5-6-7-10-17-28-20-13-11-12-19(18-20)25-24(30)26-23(27)21-14-8-9-15-22(21)29-16-4-2/h8-9,11-15,18H,3-7,10,16-17H2,1-2H3,(H2,25,26,27,30). The lowest BCUT2D eigenvalue weighted by Crippen LogP contribution is -2.34. The van der Waals surface area contributed by atoms with E-state index in [1.807, 2.05) is 37.3 Å². The van der Waals surface area contributed by atoms with E-state index in [0.717, 1.165) is 24.3 Å². The third-order valence-corrected chi connectivity index (χ3v) is 4.63. The van der Waals surface area contributed by atoms with Crippen molar-refractivity contribution in [3.63, 3.8) is 0 Å². The van der Waals surface area contributed by atoms with Crippen molar-refractivity contribution in [3.8, 4) is 11.5 Å². The minimum absolute atomic E-state index is 0.224. The van der Waals surface area contributed by atoms with Crippen LogP contribution in [0.2, 0.25) is 0 Å². The van der Waals surface area contributed by atoms with Gasteiger partial charge in [-0.15, -0.1) is 0 Å². The largest absolute Gasteiger partial charge is 0.494 e. The normalized spacial score (nSPS) is 10.3. The van der Waals surface area contributed by atoms with Gasteiger partial charge in [0, 0.05) is 11.8 Å². The number of para-hydroxylation sites is 1. The summed E-state index contributed by atoms with van der Waals surface area (Å²) in [7, 11) is 0. The lowest BCUT2D eigenvalue weighted by molar-refractivity contribution is 0.0973. The second-order valence-electron chi connectivity index (χ2n) is 7.04. The van der Waals surface area contributed by atoms with E-state index in [1.54, 1.807) is 18.2 Å². The van der Waals surface area contributed by atoms with Crippen molar-refractivity contribution in [1.29, 1.82) is 0 Å². The van der Waals surface area contributed by atoms with Crippen molar-refractivity contribution in [2.24, 2.45) is 0 Å². The molecule has 162 valence electrons. The molecule has 2 rings (SSSR count). The number of thiocarbonyl (C=S) groups is 1. The maximum atomic E-state index is 12.6. The van der Waals surface area contributed by atoms with Crippen LogP contribution in [0.1, 0.15) is 62.7 Å². The van der Waals surface area contributed by atoms with E-state index in [9.17, 15) is 4.79 Å². The zero-order valence-corrected chi connectivity index (χ0v) is 18.7. The van der Waals surface area contributed by atoms with E-state index in [1.165, 1.54) is 25.7 Å². The average molecular weight is 429 g/mol. The number of unbranched alkanes of at least 4 members (excludes halogenated alkanes) is 4. The number of ether oxygens (including phenoxy) is 2. The molecule has 2 aromatic carbocycles. The third kappa shape index (κ3) is 8.41. The molecule has 5 nitrogen and oxygen atoms in total. The number of hydrogen-bond acceptors (Lipinski definition) is 4. The summed E-state index contributed by atoms with van der Waals surface area (Å²) < 4.78 is 11.5. The Balaban J connectivity index is 1.85. The van der Waals surface area contributed by atoms with Gasteiger partial charge in [-0.2, -0.15) is 0 Å². The Kier molecular flexibility index (Phi) is 10.7. The fraction of sp³-hybridized carbons (Fsp3) is 0.417. The molecule has 0 saturated carbocycles. The van der Waals surface area contributed by atoms with Crippen LogP contribution in [0.25, 0.3) is 0 Å². The van der Waals surface area contributed by atoms with Gasteiger partial charge in [0.1, 0.15) is 11.5 Å². The van der Waals surface area contributed by atoms with Crippen molar-refractivity contribution >= 4 is 28.9 Å². The molecule has 0 unspecified atom stereocenters. The molecule has 6 heteroatoms. The molecule has 0 fully saturated rings. The maximum absolute atomic E-state index is 12.6. The maximum Gasteiger partial charge on any atom is 0.261 e. The molecule has 0 saturated heterocycles. The van der Waals surface area contributed by atoms with Gasteiger partial charge in [-0.25, -0.2) is 0 Å². The summed E-state index contributed by atoms with van der Waals surface area (Å²) in [5.74, 6) is 1.02. The number of carbonyl (C=O) groups excluding carboxylic acids is 1. The van der Waals surface area contributed by atoms with E-state index in [4.69, 9.17) is 21.7 Å². The molecule has 0 aromatic heterocycles.